The van der Waals surface area contributed by atoms with Crippen LogP contribution in [0, 0.1) is 0 Å². The van der Waals surface area contributed by atoms with Crippen molar-refractivity contribution in [2.24, 2.45) is 0 Å². The smallest absolute Gasteiger partial charge is 0.410 e. The predicted octanol–water partition coefficient (Wildman–Crippen LogP) is 0.309. The van der Waals surface area contributed by atoms with Crippen LogP contribution in [0.5, 0.6) is 0 Å². The fourth-order valence-electron chi connectivity index (χ4n) is 1.74. The first-order valence-corrected chi connectivity index (χ1v) is 5.63. The molecule has 1 rings (SSSR count). The van der Waals surface area contributed by atoms with E-state index < -0.39 is 0 Å². The molecule has 1 aliphatic rings. The van der Waals surface area contributed by atoms with Gasteiger partial charge in [0.05, 0.1) is 6.61 Å². The standard InChI is InChI=1S/C11H20N2O3/c1-2-10-16-11(15)13-5-3-4-12(6-7-13)8-9-14/h2,14H,1,3-10H2. The van der Waals surface area contributed by atoms with Crippen molar-refractivity contribution in [3.63, 3.8) is 0 Å². The van der Waals surface area contributed by atoms with Gasteiger partial charge in [0.25, 0.3) is 0 Å². The van der Waals surface area contributed by atoms with Crippen LogP contribution in [0.2, 0.25) is 0 Å². The third-order valence-electron chi connectivity index (χ3n) is 2.59. The minimum atomic E-state index is -0.272. The van der Waals surface area contributed by atoms with Gasteiger partial charge in [-0.25, -0.2) is 4.79 Å². The van der Waals surface area contributed by atoms with Gasteiger partial charge in [0.2, 0.25) is 0 Å². The molecule has 0 bridgehead atoms. The number of ether oxygens (including phenoxy) is 1. The Hall–Kier alpha value is -1.07. The number of carbonyl (C=O) groups excluding carboxylic acids is 1. The van der Waals surface area contributed by atoms with E-state index in [1.165, 1.54) is 0 Å². The molecular weight excluding hydrogens is 208 g/mol. The van der Waals surface area contributed by atoms with Crippen LogP contribution in [0.3, 0.4) is 0 Å². The number of nitrogens with zero attached hydrogens (tertiary/aromatic N) is 2. The zero-order chi connectivity index (χ0) is 11.8. The van der Waals surface area contributed by atoms with Crippen LogP contribution in [-0.2, 0) is 4.74 Å². The molecule has 1 N–H and O–H groups in total. The Morgan fingerprint density at radius 3 is 2.88 bits per heavy atom. The average Bonchev–Trinajstić information content (AvgIpc) is 2.52. The van der Waals surface area contributed by atoms with Gasteiger partial charge in [0.1, 0.15) is 6.61 Å². The van der Waals surface area contributed by atoms with Crippen molar-refractivity contribution in [1.29, 1.82) is 0 Å². The summed E-state index contributed by atoms with van der Waals surface area (Å²) in [5.74, 6) is 0. The number of amides is 1. The fraction of sp³-hybridized carbons (Fsp3) is 0.727. The third kappa shape index (κ3) is 4.20. The maximum Gasteiger partial charge on any atom is 0.410 e. The highest BCUT2D eigenvalue weighted by atomic mass is 16.6. The Kier molecular flexibility index (Phi) is 5.88. The monoisotopic (exact) mass is 228 g/mol. The van der Waals surface area contributed by atoms with E-state index >= 15 is 0 Å². The van der Waals surface area contributed by atoms with Crippen LogP contribution in [0.4, 0.5) is 4.79 Å². The van der Waals surface area contributed by atoms with Crippen LogP contribution in [-0.4, -0.2) is 66.9 Å². The Balaban J connectivity index is 2.34. The Bertz CT molecular complexity index is 233. The quantitative estimate of drug-likeness (QED) is 0.704. The molecule has 0 aliphatic carbocycles. The zero-order valence-corrected chi connectivity index (χ0v) is 9.60. The molecule has 5 heteroatoms. The lowest BCUT2D eigenvalue weighted by Gasteiger charge is -2.20. The Morgan fingerprint density at radius 2 is 2.19 bits per heavy atom. The molecule has 0 saturated carbocycles. The minimum absolute atomic E-state index is 0.168. The van der Waals surface area contributed by atoms with Crippen molar-refractivity contribution in [1.82, 2.24) is 9.80 Å². The van der Waals surface area contributed by atoms with E-state index in [0.29, 0.717) is 13.1 Å². The van der Waals surface area contributed by atoms with Gasteiger partial charge < -0.3 is 14.7 Å². The first kappa shape index (κ1) is 13.0. The highest BCUT2D eigenvalue weighted by molar-refractivity contribution is 5.67. The molecule has 1 fully saturated rings. The second kappa shape index (κ2) is 7.24. The van der Waals surface area contributed by atoms with Crippen molar-refractivity contribution in [2.45, 2.75) is 6.42 Å². The lowest BCUT2D eigenvalue weighted by molar-refractivity contribution is 0.113. The normalized spacial score (nSPS) is 17.9. The first-order valence-electron chi connectivity index (χ1n) is 5.63. The molecule has 5 nitrogen and oxygen atoms in total. The van der Waals surface area contributed by atoms with E-state index in [2.05, 4.69) is 11.5 Å². The molecule has 1 amide bonds. The van der Waals surface area contributed by atoms with E-state index in [9.17, 15) is 4.79 Å². The topological polar surface area (TPSA) is 53.0 Å². The van der Waals surface area contributed by atoms with E-state index in [-0.39, 0.29) is 19.3 Å². The lowest BCUT2D eigenvalue weighted by Crippen LogP contribution is -2.36. The predicted molar refractivity (Wildman–Crippen MR) is 61.3 cm³/mol. The van der Waals surface area contributed by atoms with E-state index in [1.807, 2.05) is 0 Å². The van der Waals surface area contributed by atoms with Gasteiger partial charge in [0, 0.05) is 26.2 Å². The van der Waals surface area contributed by atoms with Gasteiger partial charge in [-0.3, -0.25) is 4.90 Å². The second-order valence-electron chi connectivity index (χ2n) is 3.77. The summed E-state index contributed by atoms with van der Waals surface area (Å²) < 4.78 is 4.98. The molecule has 1 aliphatic heterocycles. The van der Waals surface area contributed by atoms with Gasteiger partial charge in [0.15, 0.2) is 0 Å². The lowest BCUT2D eigenvalue weighted by atomic mass is 10.4. The molecule has 0 spiro atoms. The number of hydrogen-bond donors (Lipinski definition) is 1. The molecule has 0 aromatic heterocycles. The molecule has 0 aromatic rings. The summed E-state index contributed by atoms with van der Waals surface area (Å²) in [4.78, 5) is 15.4. The number of carbonyl (C=O) groups is 1. The molecule has 92 valence electrons. The van der Waals surface area contributed by atoms with Crippen LogP contribution in [0.1, 0.15) is 6.42 Å². The van der Waals surface area contributed by atoms with Gasteiger partial charge >= 0.3 is 6.09 Å². The number of hydrogen-bond acceptors (Lipinski definition) is 4. The van der Waals surface area contributed by atoms with Crippen molar-refractivity contribution in [3.8, 4) is 0 Å². The van der Waals surface area contributed by atoms with E-state index in [1.54, 1.807) is 11.0 Å². The van der Waals surface area contributed by atoms with E-state index in [4.69, 9.17) is 9.84 Å². The van der Waals surface area contributed by atoms with Crippen molar-refractivity contribution in [2.75, 3.05) is 45.9 Å². The Labute approximate surface area is 96.3 Å². The van der Waals surface area contributed by atoms with Crippen molar-refractivity contribution in [3.05, 3.63) is 12.7 Å². The summed E-state index contributed by atoms with van der Waals surface area (Å²) in [7, 11) is 0. The molecule has 0 radical (unpaired) electrons. The molecule has 16 heavy (non-hydrogen) atoms. The van der Waals surface area contributed by atoms with Crippen molar-refractivity contribution < 1.29 is 14.6 Å². The Morgan fingerprint density at radius 1 is 1.38 bits per heavy atom. The molecule has 1 saturated heterocycles. The highest BCUT2D eigenvalue weighted by Gasteiger charge is 2.19. The van der Waals surface area contributed by atoms with Gasteiger partial charge in [-0.1, -0.05) is 12.7 Å². The summed E-state index contributed by atoms with van der Waals surface area (Å²) in [5.41, 5.74) is 0. The van der Waals surface area contributed by atoms with Gasteiger partial charge in [-0.2, -0.15) is 0 Å². The fourth-order valence-corrected chi connectivity index (χ4v) is 1.74. The van der Waals surface area contributed by atoms with Gasteiger partial charge in [-0.15, -0.1) is 0 Å². The summed E-state index contributed by atoms with van der Waals surface area (Å²) in [6, 6.07) is 0. The SMILES string of the molecule is C=CCOC(=O)N1CCCN(CCO)CC1. The van der Waals surface area contributed by atoms with E-state index in [0.717, 1.165) is 26.1 Å². The largest absolute Gasteiger partial charge is 0.445 e. The summed E-state index contributed by atoms with van der Waals surface area (Å²) in [6.07, 6.45) is 2.21. The maximum atomic E-state index is 11.6. The van der Waals surface area contributed by atoms with Gasteiger partial charge in [-0.05, 0) is 13.0 Å². The maximum absolute atomic E-state index is 11.6. The summed E-state index contributed by atoms with van der Waals surface area (Å²) >= 11 is 0. The molecule has 0 unspecified atom stereocenters. The number of aliphatic hydroxyl groups excluding tert-OH is 1. The highest BCUT2D eigenvalue weighted by Crippen LogP contribution is 2.04. The van der Waals surface area contributed by atoms with Crippen LogP contribution in [0.15, 0.2) is 12.7 Å². The number of β-amino-alcohol motifs (C(OH)–C–C–N with tert-alkyl or cyclic N) is 1. The summed E-state index contributed by atoms with van der Waals surface area (Å²) in [5, 5.41) is 8.84. The summed E-state index contributed by atoms with van der Waals surface area (Å²) in [6.45, 7) is 7.70. The number of rotatable bonds is 4. The van der Waals surface area contributed by atoms with Crippen LogP contribution in [0.25, 0.3) is 0 Å². The van der Waals surface area contributed by atoms with Crippen LogP contribution >= 0.6 is 0 Å². The van der Waals surface area contributed by atoms with Crippen molar-refractivity contribution >= 4 is 6.09 Å². The zero-order valence-electron chi connectivity index (χ0n) is 9.60. The average molecular weight is 228 g/mol. The molecule has 0 atom stereocenters. The molecule has 1 heterocycles. The van der Waals surface area contributed by atoms with Crippen LogP contribution < -0.4 is 0 Å². The third-order valence-corrected chi connectivity index (χ3v) is 2.59. The number of aliphatic hydroxyl groups is 1. The molecule has 0 aromatic carbocycles. The minimum Gasteiger partial charge on any atom is -0.445 e. The second-order valence-corrected chi connectivity index (χ2v) is 3.77. The molecular formula is C11H20N2O3. The first-order chi connectivity index (χ1) is 7.77.